The van der Waals surface area contributed by atoms with Gasteiger partial charge in [0.05, 0.1) is 29.6 Å². The van der Waals surface area contributed by atoms with Gasteiger partial charge in [-0.1, -0.05) is 0 Å². The molecule has 1 aromatic carbocycles. The van der Waals surface area contributed by atoms with Crippen molar-refractivity contribution in [3.63, 3.8) is 0 Å². The number of imidazole rings is 1. The average molecular weight is 460 g/mol. The fourth-order valence-electron chi connectivity index (χ4n) is 4.78. The number of piperazine rings is 1. The van der Waals surface area contributed by atoms with Gasteiger partial charge in [0.2, 0.25) is 0 Å². The molecule has 0 unspecified atom stereocenters. The van der Waals surface area contributed by atoms with Gasteiger partial charge >= 0.3 is 0 Å². The summed E-state index contributed by atoms with van der Waals surface area (Å²) in [6, 6.07) is 6.37. The first-order valence-electron chi connectivity index (χ1n) is 11.4. The number of carbonyl (C=O) groups excluding carboxylic acids is 1. The Bertz CT molecular complexity index is 1390. The van der Waals surface area contributed by atoms with E-state index in [1.54, 1.807) is 13.2 Å². The number of fused-ring (bicyclic) bond motifs is 2. The summed E-state index contributed by atoms with van der Waals surface area (Å²) in [4.78, 5) is 29.3. The maximum atomic E-state index is 13.4. The zero-order valence-corrected chi connectivity index (χ0v) is 20.1. The van der Waals surface area contributed by atoms with Crippen molar-refractivity contribution in [2.75, 3.05) is 30.4 Å². The highest BCUT2D eigenvalue weighted by Crippen LogP contribution is 2.31. The smallest absolute Gasteiger partial charge is 0.257 e. The minimum Gasteiger partial charge on any atom is -0.493 e. The van der Waals surface area contributed by atoms with Crippen molar-refractivity contribution in [1.29, 1.82) is 0 Å². The second-order valence-corrected chi connectivity index (χ2v) is 9.05. The number of hydrogen-bond donors (Lipinski definition) is 2. The zero-order chi connectivity index (χ0) is 24.0. The summed E-state index contributed by atoms with van der Waals surface area (Å²) >= 11 is 0. The number of amides is 1. The SMILES string of the molecule is COc1cc(NC(=O)c2ccc(N3C[C@H](C)N[C@@H](C)C3)c3cnc(C)nc23)cn2cc(C)nc12. The fraction of sp³-hybridized carbons (Fsp3) is 0.360. The molecule has 9 heteroatoms. The van der Waals surface area contributed by atoms with Crippen molar-refractivity contribution in [3.05, 3.63) is 53.9 Å². The van der Waals surface area contributed by atoms with Crippen LogP contribution in [0.25, 0.3) is 16.6 Å². The lowest BCUT2D eigenvalue weighted by Gasteiger charge is -2.38. The molecule has 9 nitrogen and oxygen atoms in total. The number of aromatic nitrogens is 4. The topological polar surface area (TPSA) is 96.7 Å². The Balaban J connectivity index is 1.53. The number of aryl methyl sites for hydroxylation is 2. The van der Waals surface area contributed by atoms with E-state index < -0.39 is 0 Å². The van der Waals surface area contributed by atoms with E-state index in [0.29, 0.717) is 46.1 Å². The number of hydrogen-bond acceptors (Lipinski definition) is 7. The predicted octanol–water partition coefficient (Wildman–Crippen LogP) is 3.34. The van der Waals surface area contributed by atoms with Crippen molar-refractivity contribution in [1.82, 2.24) is 24.7 Å². The fourth-order valence-corrected chi connectivity index (χ4v) is 4.78. The monoisotopic (exact) mass is 459 g/mol. The van der Waals surface area contributed by atoms with E-state index in [-0.39, 0.29) is 5.91 Å². The van der Waals surface area contributed by atoms with Crippen LogP contribution in [-0.4, -0.2) is 57.5 Å². The van der Waals surface area contributed by atoms with Crippen LogP contribution in [0, 0.1) is 13.8 Å². The lowest BCUT2D eigenvalue weighted by Crippen LogP contribution is -2.54. The van der Waals surface area contributed by atoms with Crippen molar-refractivity contribution in [2.24, 2.45) is 0 Å². The van der Waals surface area contributed by atoms with Crippen LogP contribution in [0.5, 0.6) is 5.75 Å². The first-order chi connectivity index (χ1) is 16.3. The quantitative estimate of drug-likeness (QED) is 0.483. The Morgan fingerprint density at radius 1 is 1.15 bits per heavy atom. The number of nitrogens with one attached hydrogen (secondary N) is 2. The Kier molecular flexibility index (Phi) is 5.57. The molecule has 1 saturated heterocycles. The van der Waals surface area contributed by atoms with E-state index in [4.69, 9.17) is 4.74 Å². The average Bonchev–Trinajstić information content (AvgIpc) is 3.16. The zero-order valence-electron chi connectivity index (χ0n) is 20.1. The van der Waals surface area contributed by atoms with E-state index in [9.17, 15) is 4.79 Å². The molecule has 0 aliphatic carbocycles. The maximum absolute atomic E-state index is 13.4. The van der Waals surface area contributed by atoms with Crippen molar-refractivity contribution >= 4 is 33.8 Å². The minimum atomic E-state index is -0.241. The minimum absolute atomic E-state index is 0.241. The number of carbonyl (C=O) groups is 1. The molecule has 34 heavy (non-hydrogen) atoms. The highest BCUT2D eigenvalue weighted by atomic mass is 16.5. The Hall–Kier alpha value is -3.72. The van der Waals surface area contributed by atoms with Crippen LogP contribution in [0.3, 0.4) is 0 Å². The Morgan fingerprint density at radius 3 is 2.65 bits per heavy atom. The number of ether oxygens (including phenoxy) is 1. The summed E-state index contributed by atoms with van der Waals surface area (Å²) in [5.41, 5.74) is 4.38. The van der Waals surface area contributed by atoms with Crippen LogP contribution in [0.15, 0.2) is 36.8 Å². The summed E-state index contributed by atoms with van der Waals surface area (Å²) in [5, 5.41) is 7.44. The van der Waals surface area contributed by atoms with Crippen LogP contribution in [-0.2, 0) is 0 Å². The normalized spacial score (nSPS) is 18.4. The maximum Gasteiger partial charge on any atom is 0.257 e. The van der Waals surface area contributed by atoms with E-state index >= 15 is 0 Å². The van der Waals surface area contributed by atoms with E-state index in [2.05, 4.69) is 44.3 Å². The van der Waals surface area contributed by atoms with E-state index in [1.807, 2.05) is 49.0 Å². The molecule has 2 atom stereocenters. The van der Waals surface area contributed by atoms with Gasteiger partial charge in [-0.15, -0.1) is 0 Å². The number of anilines is 2. The van der Waals surface area contributed by atoms with Gasteiger partial charge in [-0.2, -0.15) is 0 Å². The van der Waals surface area contributed by atoms with Gasteiger partial charge in [0.1, 0.15) is 5.82 Å². The van der Waals surface area contributed by atoms with Gasteiger partial charge in [-0.25, -0.2) is 15.0 Å². The predicted molar refractivity (Wildman–Crippen MR) is 133 cm³/mol. The molecule has 1 amide bonds. The van der Waals surface area contributed by atoms with Gasteiger partial charge in [0, 0.05) is 60.9 Å². The molecular weight excluding hydrogens is 430 g/mol. The summed E-state index contributed by atoms with van der Waals surface area (Å²) in [7, 11) is 1.59. The second kappa shape index (κ2) is 8.57. The largest absolute Gasteiger partial charge is 0.493 e. The molecule has 176 valence electrons. The highest BCUT2D eigenvalue weighted by molar-refractivity contribution is 6.13. The van der Waals surface area contributed by atoms with Crippen LogP contribution >= 0.6 is 0 Å². The van der Waals surface area contributed by atoms with Crippen molar-refractivity contribution in [2.45, 2.75) is 39.8 Å². The Morgan fingerprint density at radius 2 is 1.91 bits per heavy atom. The molecule has 1 fully saturated rings. The molecule has 0 radical (unpaired) electrons. The lowest BCUT2D eigenvalue weighted by molar-refractivity contribution is 0.102. The van der Waals surface area contributed by atoms with Crippen LogP contribution in [0.1, 0.15) is 35.7 Å². The first-order valence-corrected chi connectivity index (χ1v) is 11.4. The molecule has 3 aromatic heterocycles. The number of benzene rings is 1. The Labute approximate surface area is 198 Å². The standard InChI is InChI=1S/C25H29N7O2/c1-14-10-31(11-15(2)27-14)21-7-6-19(23-20(21)9-26-17(4)29-23)25(33)30-18-8-22(34-5)24-28-16(3)12-32(24)13-18/h6-9,12-15,27H,10-11H2,1-5H3,(H,30,33)/t14-,15-/m0/s1. The van der Waals surface area contributed by atoms with E-state index in [0.717, 1.165) is 29.9 Å². The van der Waals surface area contributed by atoms with Gasteiger partial charge in [-0.3, -0.25) is 4.79 Å². The molecular formula is C25H29N7O2. The third kappa shape index (κ3) is 4.03. The molecule has 0 spiro atoms. The van der Waals surface area contributed by atoms with Crippen molar-refractivity contribution < 1.29 is 9.53 Å². The van der Waals surface area contributed by atoms with Gasteiger partial charge in [-0.05, 0) is 39.8 Å². The first kappa shape index (κ1) is 22.1. The summed E-state index contributed by atoms with van der Waals surface area (Å²) in [5.74, 6) is 0.971. The van der Waals surface area contributed by atoms with Crippen LogP contribution in [0.2, 0.25) is 0 Å². The molecule has 1 aliphatic rings. The molecule has 0 bridgehead atoms. The molecule has 5 rings (SSSR count). The third-order valence-electron chi connectivity index (χ3n) is 6.11. The molecule has 1 aliphatic heterocycles. The lowest BCUT2D eigenvalue weighted by atomic mass is 10.0. The van der Waals surface area contributed by atoms with Crippen LogP contribution in [0.4, 0.5) is 11.4 Å². The number of pyridine rings is 1. The van der Waals surface area contributed by atoms with Gasteiger partial charge < -0.3 is 24.7 Å². The summed E-state index contributed by atoms with van der Waals surface area (Å²) < 4.78 is 7.34. The van der Waals surface area contributed by atoms with E-state index in [1.165, 1.54) is 0 Å². The van der Waals surface area contributed by atoms with Gasteiger partial charge in [0.25, 0.3) is 5.91 Å². The second-order valence-electron chi connectivity index (χ2n) is 9.05. The number of nitrogens with zero attached hydrogens (tertiary/aromatic N) is 5. The highest BCUT2D eigenvalue weighted by Gasteiger charge is 2.24. The van der Waals surface area contributed by atoms with Crippen LogP contribution < -0.4 is 20.3 Å². The molecule has 0 saturated carbocycles. The summed E-state index contributed by atoms with van der Waals surface area (Å²) in [6.07, 6.45) is 5.55. The van der Waals surface area contributed by atoms with Gasteiger partial charge in [0.15, 0.2) is 11.4 Å². The van der Waals surface area contributed by atoms with Crippen molar-refractivity contribution in [3.8, 4) is 5.75 Å². The third-order valence-corrected chi connectivity index (χ3v) is 6.11. The number of methoxy groups -OCH3 is 1. The number of rotatable bonds is 4. The molecule has 4 heterocycles. The summed E-state index contributed by atoms with van der Waals surface area (Å²) in [6.45, 7) is 9.87. The molecule has 4 aromatic rings. The molecule has 2 N–H and O–H groups in total.